The maximum absolute atomic E-state index is 6.02. The first kappa shape index (κ1) is 11.3. The van der Waals surface area contributed by atoms with E-state index < -0.39 is 0 Å². The van der Waals surface area contributed by atoms with Crippen LogP contribution in [0, 0.1) is 0 Å². The molecule has 0 saturated heterocycles. The molecule has 82 valence electrons. The summed E-state index contributed by atoms with van der Waals surface area (Å²) in [5.74, 6) is 0.452. The van der Waals surface area contributed by atoms with E-state index in [4.69, 9.17) is 23.2 Å². The Labute approximate surface area is 103 Å². The number of hydrogen-bond donors (Lipinski definition) is 0. The Morgan fingerprint density at radius 2 is 1.81 bits per heavy atom. The standard InChI is InChI=1S/C11H9Cl2N3/c1-2-7-9(12)15-11(16-10(7)13)8-5-3-4-6-14-8/h3-6H,2H2,1H3. The lowest BCUT2D eigenvalue weighted by Crippen LogP contribution is -1.97. The van der Waals surface area contributed by atoms with Crippen LogP contribution in [-0.2, 0) is 6.42 Å². The predicted octanol–water partition coefficient (Wildman–Crippen LogP) is 3.41. The van der Waals surface area contributed by atoms with E-state index in [-0.39, 0.29) is 0 Å². The lowest BCUT2D eigenvalue weighted by atomic mass is 10.2. The van der Waals surface area contributed by atoms with Gasteiger partial charge in [-0.25, -0.2) is 9.97 Å². The van der Waals surface area contributed by atoms with Crippen LogP contribution >= 0.6 is 23.2 Å². The van der Waals surface area contributed by atoms with Crippen molar-refractivity contribution in [2.75, 3.05) is 0 Å². The summed E-state index contributed by atoms with van der Waals surface area (Å²) in [6, 6.07) is 5.50. The van der Waals surface area contributed by atoms with Gasteiger partial charge in [0.15, 0.2) is 5.82 Å². The van der Waals surface area contributed by atoms with Gasteiger partial charge in [-0.1, -0.05) is 36.2 Å². The van der Waals surface area contributed by atoms with E-state index in [0.29, 0.717) is 28.2 Å². The largest absolute Gasteiger partial charge is 0.253 e. The van der Waals surface area contributed by atoms with E-state index in [9.17, 15) is 0 Å². The number of rotatable bonds is 2. The summed E-state index contributed by atoms with van der Waals surface area (Å²) in [4.78, 5) is 12.5. The zero-order valence-electron chi connectivity index (χ0n) is 8.61. The second kappa shape index (κ2) is 4.76. The third-order valence-electron chi connectivity index (χ3n) is 2.15. The second-order valence-electron chi connectivity index (χ2n) is 3.18. The second-order valence-corrected chi connectivity index (χ2v) is 3.89. The Morgan fingerprint density at radius 1 is 1.12 bits per heavy atom. The first-order valence-electron chi connectivity index (χ1n) is 4.85. The summed E-state index contributed by atoms with van der Waals surface area (Å²) in [7, 11) is 0. The minimum Gasteiger partial charge on any atom is -0.253 e. The van der Waals surface area contributed by atoms with Gasteiger partial charge < -0.3 is 0 Å². The molecule has 0 radical (unpaired) electrons. The Balaban J connectivity index is 2.53. The van der Waals surface area contributed by atoms with Crippen LogP contribution in [0.5, 0.6) is 0 Å². The number of hydrogen-bond acceptors (Lipinski definition) is 3. The van der Waals surface area contributed by atoms with Crippen LogP contribution in [0.25, 0.3) is 11.5 Å². The highest BCUT2D eigenvalue weighted by Crippen LogP contribution is 2.24. The predicted molar refractivity (Wildman–Crippen MR) is 64.7 cm³/mol. The third kappa shape index (κ3) is 2.15. The van der Waals surface area contributed by atoms with Gasteiger partial charge in [-0.2, -0.15) is 0 Å². The molecule has 0 N–H and O–H groups in total. The maximum atomic E-state index is 6.02. The fraction of sp³-hybridized carbons (Fsp3) is 0.182. The molecule has 0 aliphatic rings. The molecule has 0 aliphatic carbocycles. The van der Waals surface area contributed by atoms with Gasteiger partial charge in [0.25, 0.3) is 0 Å². The van der Waals surface area contributed by atoms with Crippen molar-refractivity contribution < 1.29 is 0 Å². The first-order valence-corrected chi connectivity index (χ1v) is 5.61. The van der Waals surface area contributed by atoms with Crippen molar-refractivity contribution in [2.45, 2.75) is 13.3 Å². The van der Waals surface area contributed by atoms with Gasteiger partial charge in [-0.05, 0) is 18.6 Å². The van der Waals surface area contributed by atoms with Crippen LogP contribution in [-0.4, -0.2) is 15.0 Å². The van der Waals surface area contributed by atoms with E-state index in [1.165, 1.54) is 0 Å². The van der Waals surface area contributed by atoms with Crippen molar-refractivity contribution >= 4 is 23.2 Å². The molecule has 5 heteroatoms. The van der Waals surface area contributed by atoms with E-state index in [1.54, 1.807) is 6.20 Å². The zero-order chi connectivity index (χ0) is 11.5. The van der Waals surface area contributed by atoms with Crippen molar-refractivity contribution in [3.8, 4) is 11.5 Å². The Hall–Kier alpha value is -1.19. The van der Waals surface area contributed by atoms with E-state index >= 15 is 0 Å². The average Bonchev–Trinajstić information content (AvgIpc) is 2.30. The Bertz CT molecular complexity index is 477. The van der Waals surface area contributed by atoms with Crippen molar-refractivity contribution in [3.05, 3.63) is 40.3 Å². The summed E-state index contributed by atoms with van der Waals surface area (Å²) < 4.78 is 0. The van der Waals surface area contributed by atoms with Crippen LogP contribution < -0.4 is 0 Å². The number of halogens is 2. The summed E-state index contributed by atoms with van der Waals surface area (Å²) in [5, 5.41) is 0.784. The maximum Gasteiger partial charge on any atom is 0.181 e. The molecular weight excluding hydrogens is 245 g/mol. The molecule has 0 unspecified atom stereocenters. The number of nitrogens with zero attached hydrogens (tertiary/aromatic N) is 3. The molecule has 3 nitrogen and oxygen atoms in total. The van der Waals surface area contributed by atoms with Gasteiger partial charge in [-0.3, -0.25) is 4.98 Å². The highest BCUT2D eigenvalue weighted by Gasteiger charge is 2.11. The summed E-state index contributed by atoms with van der Waals surface area (Å²) in [5.41, 5.74) is 1.43. The minimum absolute atomic E-state index is 0.392. The first-order chi connectivity index (χ1) is 7.72. The van der Waals surface area contributed by atoms with Crippen LogP contribution in [0.15, 0.2) is 24.4 Å². The monoisotopic (exact) mass is 253 g/mol. The normalized spacial score (nSPS) is 10.4. The smallest absolute Gasteiger partial charge is 0.181 e. The molecule has 0 saturated carbocycles. The molecule has 2 rings (SSSR count). The topological polar surface area (TPSA) is 38.7 Å². The van der Waals surface area contributed by atoms with Gasteiger partial charge in [0.05, 0.1) is 0 Å². The van der Waals surface area contributed by atoms with Crippen LogP contribution in [0.2, 0.25) is 10.3 Å². The van der Waals surface area contributed by atoms with Gasteiger partial charge in [-0.15, -0.1) is 0 Å². The van der Waals surface area contributed by atoms with Gasteiger partial charge in [0.2, 0.25) is 0 Å². The summed E-state index contributed by atoms with van der Waals surface area (Å²) in [6.45, 7) is 1.96. The Kier molecular flexibility index (Phi) is 3.36. The highest BCUT2D eigenvalue weighted by atomic mass is 35.5. The number of pyridine rings is 1. The Morgan fingerprint density at radius 3 is 2.31 bits per heavy atom. The quantitative estimate of drug-likeness (QED) is 0.771. The lowest BCUT2D eigenvalue weighted by molar-refractivity contribution is 1.04. The summed E-state index contributed by atoms with van der Waals surface area (Å²) in [6.07, 6.45) is 2.38. The van der Waals surface area contributed by atoms with E-state index in [1.807, 2.05) is 25.1 Å². The molecule has 0 amide bonds. The van der Waals surface area contributed by atoms with Crippen LogP contribution in [0.3, 0.4) is 0 Å². The van der Waals surface area contributed by atoms with Crippen molar-refractivity contribution in [1.29, 1.82) is 0 Å². The summed E-state index contributed by atoms with van der Waals surface area (Å²) >= 11 is 12.0. The molecule has 2 aromatic rings. The van der Waals surface area contributed by atoms with Crippen LogP contribution in [0.4, 0.5) is 0 Å². The number of aromatic nitrogens is 3. The van der Waals surface area contributed by atoms with Crippen LogP contribution in [0.1, 0.15) is 12.5 Å². The molecule has 2 heterocycles. The zero-order valence-corrected chi connectivity index (χ0v) is 10.1. The molecule has 16 heavy (non-hydrogen) atoms. The highest BCUT2D eigenvalue weighted by molar-refractivity contribution is 6.34. The molecule has 0 atom stereocenters. The van der Waals surface area contributed by atoms with E-state index in [2.05, 4.69) is 15.0 Å². The van der Waals surface area contributed by atoms with Gasteiger partial charge in [0, 0.05) is 11.8 Å². The van der Waals surface area contributed by atoms with Crippen molar-refractivity contribution in [3.63, 3.8) is 0 Å². The third-order valence-corrected chi connectivity index (χ3v) is 2.78. The minimum atomic E-state index is 0.392. The van der Waals surface area contributed by atoms with Crippen molar-refractivity contribution in [2.24, 2.45) is 0 Å². The fourth-order valence-corrected chi connectivity index (χ4v) is 1.99. The molecular formula is C11H9Cl2N3. The average molecular weight is 254 g/mol. The van der Waals surface area contributed by atoms with Gasteiger partial charge in [0.1, 0.15) is 16.0 Å². The fourth-order valence-electron chi connectivity index (χ4n) is 1.33. The molecule has 2 aromatic heterocycles. The van der Waals surface area contributed by atoms with Gasteiger partial charge >= 0.3 is 0 Å². The molecule has 0 spiro atoms. The molecule has 0 aliphatic heterocycles. The van der Waals surface area contributed by atoms with Crippen molar-refractivity contribution in [1.82, 2.24) is 15.0 Å². The molecule has 0 aromatic carbocycles. The molecule has 0 fully saturated rings. The SMILES string of the molecule is CCc1c(Cl)nc(-c2ccccn2)nc1Cl. The lowest BCUT2D eigenvalue weighted by Gasteiger charge is -2.05. The van der Waals surface area contributed by atoms with E-state index in [0.717, 1.165) is 5.56 Å². The molecule has 0 bridgehead atoms.